The van der Waals surface area contributed by atoms with E-state index in [9.17, 15) is 0 Å². The maximum absolute atomic E-state index is 3.97. The van der Waals surface area contributed by atoms with Gasteiger partial charge < -0.3 is 4.57 Å². The third-order valence-corrected chi connectivity index (χ3v) is 2.69. The van der Waals surface area contributed by atoms with E-state index in [0.29, 0.717) is 0 Å². The zero-order chi connectivity index (χ0) is 11.5. The molecule has 0 aliphatic carbocycles. The van der Waals surface area contributed by atoms with Gasteiger partial charge in [-0.1, -0.05) is 17.3 Å². The first-order valence-corrected chi connectivity index (χ1v) is 5.49. The minimum absolute atomic E-state index is 0.808. The Morgan fingerprint density at radius 3 is 2.47 bits per heavy atom. The lowest BCUT2D eigenvalue weighted by molar-refractivity contribution is 0.915. The van der Waals surface area contributed by atoms with E-state index < -0.39 is 0 Å². The quantitative estimate of drug-likeness (QED) is 0.741. The normalized spacial score (nSPS) is 10.6. The van der Waals surface area contributed by atoms with Crippen LogP contribution in [0.2, 0.25) is 0 Å². The molecular formula is C13H12N4. The summed E-state index contributed by atoms with van der Waals surface area (Å²) in [6.45, 7) is 0. The van der Waals surface area contributed by atoms with E-state index in [0.717, 1.165) is 12.1 Å². The predicted octanol–water partition coefficient (Wildman–Crippen LogP) is 2.19. The van der Waals surface area contributed by atoms with Crippen LogP contribution < -0.4 is 0 Å². The highest BCUT2D eigenvalue weighted by molar-refractivity contribution is 5.36. The molecular weight excluding hydrogens is 212 g/mol. The lowest BCUT2D eigenvalue weighted by Gasteiger charge is -2.04. The molecule has 0 saturated heterocycles. The van der Waals surface area contributed by atoms with Crippen molar-refractivity contribution >= 4 is 0 Å². The number of benzene rings is 1. The fourth-order valence-electron chi connectivity index (χ4n) is 1.81. The molecule has 0 unspecified atom stereocenters. The van der Waals surface area contributed by atoms with Crippen molar-refractivity contribution in [1.82, 2.24) is 20.0 Å². The highest BCUT2D eigenvalue weighted by Gasteiger charge is 1.99. The molecule has 3 aromatic rings. The molecule has 0 spiro atoms. The molecule has 84 valence electrons. The van der Waals surface area contributed by atoms with Crippen LogP contribution in [-0.4, -0.2) is 20.0 Å². The number of rotatable bonds is 3. The van der Waals surface area contributed by atoms with Crippen LogP contribution in [0, 0.1) is 0 Å². The van der Waals surface area contributed by atoms with E-state index in [1.165, 1.54) is 11.3 Å². The van der Waals surface area contributed by atoms with Gasteiger partial charge in [0, 0.05) is 30.7 Å². The van der Waals surface area contributed by atoms with E-state index in [-0.39, 0.29) is 0 Å². The van der Waals surface area contributed by atoms with Crippen molar-refractivity contribution in [2.24, 2.45) is 0 Å². The molecule has 0 amide bonds. The van der Waals surface area contributed by atoms with Crippen LogP contribution >= 0.6 is 0 Å². The lowest BCUT2D eigenvalue weighted by Crippen LogP contribution is -1.92. The van der Waals surface area contributed by atoms with Crippen LogP contribution in [0.25, 0.3) is 5.69 Å². The summed E-state index contributed by atoms with van der Waals surface area (Å²) in [6.07, 6.45) is 6.70. The monoisotopic (exact) mass is 224 g/mol. The smallest absolute Gasteiger partial charge is 0.0868 e. The van der Waals surface area contributed by atoms with Crippen molar-refractivity contribution in [3.63, 3.8) is 0 Å². The van der Waals surface area contributed by atoms with Gasteiger partial charge in [-0.05, 0) is 29.8 Å². The molecule has 0 atom stereocenters. The third kappa shape index (κ3) is 2.10. The SMILES string of the molecule is c1ccn(-c2ccc(Cc3c[nH]nn3)cc2)c1. The Hall–Kier alpha value is -2.36. The van der Waals surface area contributed by atoms with Crippen LogP contribution in [0.5, 0.6) is 0 Å². The van der Waals surface area contributed by atoms with Gasteiger partial charge in [0.25, 0.3) is 0 Å². The van der Waals surface area contributed by atoms with E-state index in [1.54, 1.807) is 0 Å². The topological polar surface area (TPSA) is 46.5 Å². The second-order valence-corrected chi connectivity index (χ2v) is 3.90. The molecule has 0 saturated carbocycles. The zero-order valence-electron chi connectivity index (χ0n) is 9.24. The van der Waals surface area contributed by atoms with Gasteiger partial charge in [0.1, 0.15) is 0 Å². The van der Waals surface area contributed by atoms with E-state index in [2.05, 4.69) is 44.2 Å². The molecule has 4 nitrogen and oxygen atoms in total. The van der Waals surface area contributed by atoms with E-state index >= 15 is 0 Å². The summed E-state index contributed by atoms with van der Waals surface area (Å²) in [5, 5.41) is 10.4. The van der Waals surface area contributed by atoms with Gasteiger partial charge in [0.15, 0.2) is 0 Å². The molecule has 0 aliphatic heterocycles. The van der Waals surface area contributed by atoms with Gasteiger partial charge in [-0.2, -0.15) is 0 Å². The van der Waals surface area contributed by atoms with Crippen LogP contribution in [0.15, 0.2) is 55.0 Å². The number of hydrogen-bond acceptors (Lipinski definition) is 2. The molecule has 2 heterocycles. The molecule has 1 aromatic carbocycles. The predicted molar refractivity (Wildman–Crippen MR) is 65.0 cm³/mol. The summed E-state index contributed by atoms with van der Waals surface area (Å²) in [4.78, 5) is 0. The Kier molecular flexibility index (Phi) is 2.46. The average molecular weight is 224 g/mol. The minimum atomic E-state index is 0.808. The van der Waals surface area contributed by atoms with Crippen LogP contribution in [0.4, 0.5) is 0 Å². The lowest BCUT2D eigenvalue weighted by atomic mass is 10.1. The van der Waals surface area contributed by atoms with Gasteiger partial charge >= 0.3 is 0 Å². The highest BCUT2D eigenvalue weighted by atomic mass is 15.3. The number of nitrogens with one attached hydrogen (secondary N) is 1. The first-order valence-electron chi connectivity index (χ1n) is 5.49. The Balaban J connectivity index is 1.81. The Labute approximate surface area is 98.9 Å². The Morgan fingerprint density at radius 1 is 1.06 bits per heavy atom. The van der Waals surface area contributed by atoms with Crippen molar-refractivity contribution < 1.29 is 0 Å². The van der Waals surface area contributed by atoms with Crippen molar-refractivity contribution in [3.05, 3.63) is 66.2 Å². The largest absolute Gasteiger partial charge is 0.324 e. The average Bonchev–Trinajstić information content (AvgIpc) is 3.01. The Bertz CT molecular complexity index is 564. The number of aromatic amines is 1. The summed E-state index contributed by atoms with van der Waals surface area (Å²) in [5.74, 6) is 0. The summed E-state index contributed by atoms with van der Waals surface area (Å²) < 4.78 is 2.08. The molecule has 1 N–H and O–H groups in total. The molecule has 0 aliphatic rings. The van der Waals surface area contributed by atoms with Crippen molar-refractivity contribution in [2.45, 2.75) is 6.42 Å². The maximum Gasteiger partial charge on any atom is 0.0868 e. The van der Waals surface area contributed by atoms with Crippen LogP contribution in [0.1, 0.15) is 11.3 Å². The number of aromatic nitrogens is 4. The van der Waals surface area contributed by atoms with E-state index in [4.69, 9.17) is 0 Å². The summed E-state index contributed by atoms with van der Waals surface area (Å²) in [5.41, 5.74) is 3.35. The second kappa shape index (κ2) is 4.25. The molecule has 4 heteroatoms. The van der Waals surface area contributed by atoms with Crippen LogP contribution in [0.3, 0.4) is 0 Å². The van der Waals surface area contributed by atoms with Gasteiger partial charge in [0.2, 0.25) is 0 Å². The third-order valence-electron chi connectivity index (χ3n) is 2.69. The second-order valence-electron chi connectivity index (χ2n) is 3.90. The Morgan fingerprint density at radius 2 is 1.82 bits per heavy atom. The van der Waals surface area contributed by atoms with Crippen LogP contribution in [-0.2, 0) is 6.42 Å². The van der Waals surface area contributed by atoms with Gasteiger partial charge in [-0.25, -0.2) is 0 Å². The standard InChI is InChI=1S/C13H12N4/c1-2-8-17(7-1)13-5-3-11(4-6-13)9-12-10-14-16-15-12/h1-8,10H,9H2,(H,14,15,16). The summed E-state index contributed by atoms with van der Waals surface area (Å²) >= 11 is 0. The molecule has 0 radical (unpaired) electrons. The first-order chi connectivity index (χ1) is 8.42. The van der Waals surface area contributed by atoms with Gasteiger partial charge in [0.05, 0.1) is 5.69 Å². The number of hydrogen-bond donors (Lipinski definition) is 1. The molecule has 0 bridgehead atoms. The summed E-state index contributed by atoms with van der Waals surface area (Å²) in [6, 6.07) is 12.5. The van der Waals surface area contributed by atoms with Crippen molar-refractivity contribution in [3.8, 4) is 5.69 Å². The highest BCUT2D eigenvalue weighted by Crippen LogP contribution is 2.12. The van der Waals surface area contributed by atoms with Gasteiger partial charge in [-0.3, -0.25) is 5.10 Å². The maximum atomic E-state index is 3.97. The molecule has 0 fully saturated rings. The minimum Gasteiger partial charge on any atom is -0.324 e. The first kappa shape index (κ1) is 9.84. The summed E-state index contributed by atoms with van der Waals surface area (Å²) in [7, 11) is 0. The molecule has 2 aromatic heterocycles. The molecule has 17 heavy (non-hydrogen) atoms. The number of H-pyrrole nitrogens is 1. The van der Waals surface area contributed by atoms with Crippen molar-refractivity contribution in [1.29, 1.82) is 0 Å². The van der Waals surface area contributed by atoms with E-state index in [1.807, 2.05) is 30.7 Å². The zero-order valence-corrected chi connectivity index (χ0v) is 9.24. The fraction of sp³-hybridized carbons (Fsp3) is 0.0769. The fourth-order valence-corrected chi connectivity index (χ4v) is 1.81. The van der Waals surface area contributed by atoms with Gasteiger partial charge in [-0.15, -0.1) is 5.10 Å². The molecule has 3 rings (SSSR count). The van der Waals surface area contributed by atoms with Crippen molar-refractivity contribution in [2.75, 3.05) is 0 Å². The number of nitrogens with zero attached hydrogens (tertiary/aromatic N) is 3.